The van der Waals surface area contributed by atoms with Crippen molar-refractivity contribution >= 4 is 5.91 Å². The molecular formula is C16H23FN2O2. The second-order valence-electron chi connectivity index (χ2n) is 5.72. The monoisotopic (exact) mass is 294 g/mol. The number of ether oxygens (including phenoxy) is 1. The van der Waals surface area contributed by atoms with E-state index in [1.807, 2.05) is 0 Å². The SMILES string of the molecule is CC(Oc1cc(F)ccc1[C@@H](C)N)C(=O)NC1CCCC1. The maximum atomic E-state index is 13.4. The second-order valence-corrected chi connectivity index (χ2v) is 5.72. The highest BCUT2D eigenvalue weighted by molar-refractivity contribution is 5.81. The van der Waals surface area contributed by atoms with Gasteiger partial charge in [-0.1, -0.05) is 18.9 Å². The van der Waals surface area contributed by atoms with E-state index in [-0.39, 0.29) is 18.0 Å². The molecule has 116 valence electrons. The van der Waals surface area contributed by atoms with Crippen LogP contribution < -0.4 is 15.8 Å². The Bertz CT molecular complexity index is 499. The molecule has 1 aromatic carbocycles. The van der Waals surface area contributed by atoms with Crippen molar-refractivity contribution in [2.24, 2.45) is 5.73 Å². The molecule has 1 unspecified atom stereocenters. The van der Waals surface area contributed by atoms with Gasteiger partial charge in [-0.05, 0) is 32.8 Å². The van der Waals surface area contributed by atoms with Crippen molar-refractivity contribution in [3.05, 3.63) is 29.6 Å². The predicted octanol–water partition coefficient (Wildman–Crippen LogP) is 2.67. The summed E-state index contributed by atoms with van der Waals surface area (Å²) in [4.78, 5) is 12.1. The standard InChI is InChI=1S/C16H23FN2O2/c1-10(18)14-8-7-12(17)9-15(14)21-11(2)16(20)19-13-5-3-4-6-13/h7-11,13H,3-6,18H2,1-2H3,(H,19,20)/t10-,11?/m1/s1. The fourth-order valence-electron chi connectivity index (χ4n) is 2.62. The maximum Gasteiger partial charge on any atom is 0.260 e. The van der Waals surface area contributed by atoms with Gasteiger partial charge in [0.1, 0.15) is 11.6 Å². The minimum Gasteiger partial charge on any atom is -0.480 e. The zero-order valence-electron chi connectivity index (χ0n) is 12.6. The second kappa shape index (κ2) is 6.89. The molecule has 0 radical (unpaired) electrons. The summed E-state index contributed by atoms with van der Waals surface area (Å²) in [6.45, 7) is 3.46. The average Bonchev–Trinajstić information content (AvgIpc) is 2.91. The Kier molecular flexibility index (Phi) is 5.17. The molecule has 0 spiro atoms. The molecule has 1 aliphatic rings. The summed E-state index contributed by atoms with van der Waals surface area (Å²) in [5, 5.41) is 2.97. The van der Waals surface area contributed by atoms with E-state index >= 15 is 0 Å². The maximum absolute atomic E-state index is 13.4. The fraction of sp³-hybridized carbons (Fsp3) is 0.562. The number of carbonyl (C=O) groups is 1. The number of amides is 1. The summed E-state index contributed by atoms with van der Waals surface area (Å²) >= 11 is 0. The van der Waals surface area contributed by atoms with Gasteiger partial charge in [-0.15, -0.1) is 0 Å². The van der Waals surface area contributed by atoms with E-state index in [0.717, 1.165) is 25.7 Å². The summed E-state index contributed by atoms with van der Waals surface area (Å²) in [6, 6.07) is 4.17. The lowest BCUT2D eigenvalue weighted by molar-refractivity contribution is -0.128. The van der Waals surface area contributed by atoms with Crippen LogP contribution in [0.25, 0.3) is 0 Å². The predicted molar refractivity (Wildman–Crippen MR) is 79.5 cm³/mol. The molecule has 4 nitrogen and oxygen atoms in total. The van der Waals surface area contributed by atoms with Gasteiger partial charge in [-0.25, -0.2) is 4.39 Å². The molecule has 2 rings (SSSR count). The lowest BCUT2D eigenvalue weighted by Gasteiger charge is -2.20. The zero-order chi connectivity index (χ0) is 15.4. The first-order valence-corrected chi connectivity index (χ1v) is 7.49. The van der Waals surface area contributed by atoms with Crippen LogP contribution in [0, 0.1) is 5.82 Å². The molecule has 1 aliphatic carbocycles. The van der Waals surface area contributed by atoms with E-state index in [9.17, 15) is 9.18 Å². The van der Waals surface area contributed by atoms with Gasteiger partial charge in [0, 0.05) is 23.7 Å². The van der Waals surface area contributed by atoms with Crippen molar-refractivity contribution in [2.45, 2.75) is 57.7 Å². The third kappa shape index (κ3) is 4.17. The Morgan fingerprint density at radius 2 is 2.05 bits per heavy atom. The van der Waals surface area contributed by atoms with Gasteiger partial charge in [0.2, 0.25) is 0 Å². The lowest BCUT2D eigenvalue weighted by Crippen LogP contribution is -2.41. The Balaban J connectivity index is 2.02. The van der Waals surface area contributed by atoms with Crippen LogP contribution in [0.15, 0.2) is 18.2 Å². The van der Waals surface area contributed by atoms with Crippen LogP contribution in [-0.2, 0) is 4.79 Å². The van der Waals surface area contributed by atoms with Crippen molar-refractivity contribution in [3.63, 3.8) is 0 Å². The number of benzene rings is 1. The van der Waals surface area contributed by atoms with E-state index in [2.05, 4.69) is 5.32 Å². The molecule has 0 aromatic heterocycles. The van der Waals surface area contributed by atoms with Crippen LogP contribution in [-0.4, -0.2) is 18.1 Å². The van der Waals surface area contributed by atoms with Crippen LogP contribution in [0.3, 0.4) is 0 Å². The van der Waals surface area contributed by atoms with Crippen LogP contribution in [0.4, 0.5) is 4.39 Å². The van der Waals surface area contributed by atoms with Gasteiger partial charge in [-0.2, -0.15) is 0 Å². The first-order valence-electron chi connectivity index (χ1n) is 7.49. The number of nitrogens with one attached hydrogen (secondary N) is 1. The van der Waals surface area contributed by atoms with Gasteiger partial charge in [-0.3, -0.25) is 4.79 Å². The Morgan fingerprint density at radius 1 is 1.38 bits per heavy atom. The van der Waals surface area contributed by atoms with Crippen LogP contribution in [0.1, 0.15) is 51.1 Å². The first-order chi connectivity index (χ1) is 9.97. The molecule has 0 saturated heterocycles. The number of halogens is 1. The van der Waals surface area contributed by atoms with Crippen molar-refractivity contribution < 1.29 is 13.9 Å². The highest BCUT2D eigenvalue weighted by Crippen LogP contribution is 2.26. The van der Waals surface area contributed by atoms with Gasteiger partial charge < -0.3 is 15.8 Å². The zero-order valence-corrected chi connectivity index (χ0v) is 12.6. The Labute approximate surface area is 124 Å². The average molecular weight is 294 g/mol. The van der Waals surface area contributed by atoms with Crippen molar-refractivity contribution in [2.75, 3.05) is 0 Å². The Morgan fingerprint density at radius 3 is 2.67 bits per heavy atom. The molecule has 3 N–H and O–H groups in total. The molecular weight excluding hydrogens is 271 g/mol. The highest BCUT2D eigenvalue weighted by Gasteiger charge is 2.22. The van der Waals surface area contributed by atoms with Crippen LogP contribution >= 0.6 is 0 Å². The molecule has 2 atom stereocenters. The lowest BCUT2D eigenvalue weighted by atomic mass is 10.1. The van der Waals surface area contributed by atoms with E-state index in [4.69, 9.17) is 10.5 Å². The minimum atomic E-state index is -0.676. The number of nitrogens with two attached hydrogens (primary N) is 1. The number of hydrogen-bond donors (Lipinski definition) is 2. The van der Waals surface area contributed by atoms with Gasteiger partial charge in [0.05, 0.1) is 0 Å². The van der Waals surface area contributed by atoms with E-state index < -0.39 is 11.9 Å². The summed E-state index contributed by atoms with van der Waals surface area (Å²) in [6.07, 6.45) is 3.66. The molecule has 1 fully saturated rings. The third-order valence-electron chi connectivity index (χ3n) is 3.84. The fourth-order valence-corrected chi connectivity index (χ4v) is 2.62. The largest absolute Gasteiger partial charge is 0.480 e. The summed E-state index contributed by atoms with van der Waals surface area (Å²) in [5.41, 5.74) is 6.54. The van der Waals surface area contributed by atoms with Crippen molar-refractivity contribution in [3.8, 4) is 5.75 Å². The summed E-state index contributed by atoms with van der Waals surface area (Å²) < 4.78 is 19.0. The smallest absolute Gasteiger partial charge is 0.260 e. The van der Waals surface area contributed by atoms with Gasteiger partial charge in [0.15, 0.2) is 6.10 Å². The molecule has 0 heterocycles. The van der Waals surface area contributed by atoms with Gasteiger partial charge in [0.25, 0.3) is 5.91 Å². The summed E-state index contributed by atoms with van der Waals surface area (Å²) in [5.74, 6) is -0.237. The van der Waals surface area contributed by atoms with Crippen LogP contribution in [0.2, 0.25) is 0 Å². The van der Waals surface area contributed by atoms with E-state index in [0.29, 0.717) is 11.3 Å². The van der Waals surface area contributed by atoms with Crippen molar-refractivity contribution in [1.29, 1.82) is 0 Å². The van der Waals surface area contributed by atoms with Crippen molar-refractivity contribution in [1.82, 2.24) is 5.32 Å². The molecule has 0 aliphatic heterocycles. The summed E-state index contributed by atoms with van der Waals surface area (Å²) in [7, 11) is 0. The highest BCUT2D eigenvalue weighted by atomic mass is 19.1. The third-order valence-corrected chi connectivity index (χ3v) is 3.84. The topological polar surface area (TPSA) is 64.3 Å². The first kappa shape index (κ1) is 15.8. The van der Waals surface area contributed by atoms with E-state index in [1.165, 1.54) is 12.1 Å². The molecule has 21 heavy (non-hydrogen) atoms. The number of hydrogen-bond acceptors (Lipinski definition) is 3. The van der Waals surface area contributed by atoms with Gasteiger partial charge >= 0.3 is 0 Å². The molecule has 5 heteroatoms. The quantitative estimate of drug-likeness (QED) is 0.877. The van der Waals surface area contributed by atoms with E-state index in [1.54, 1.807) is 19.9 Å². The molecule has 1 amide bonds. The molecule has 1 saturated carbocycles. The minimum absolute atomic E-state index is 0.165. The Hall–Kier alpha value is -1.62. The van der Waals surface area contributed by atoms with Crippen LogP contribution in [0.5, 0.6) is 5.75 Å². The molecule has 0 bridgehead atoms. The normalized spacial score (nSPS) is 18.3. The number of carbonyl (C=O) groups excluding carboxylic acids is 1. The number of rotatable bonds is 5. The molecule has 1 aromatic rings.